The number of hydrogen-bond donors (Lipinski definition) is 2. The van der Waals surface area contributed by atoms with Crippen LogP contribution < -0.4 is 5.73 Å². The van der Waals surface area contributed by atoms with Gasteiger partial charge in [-0.05, 0) is 12.1 Å². The number of aromatic nitrogens is 1. The van der Waals surface area contributed by atoms with Crippen molar-refractivity contribution in [2.45, 2.75) is 12.5 Å². The summed E-state index contributed by atoms with van der Waals surface area (Å²) < 4.78 is 0. The number of nitrogens with zero attached hydrogens (tertiary/aromatic N) is 2. The molecule has 0 aliphatic carbocycles. The molecule has 0 saturated heterocycles. The fraction of sp³-hybridized carbons (Fsp3) is 0.222. The number of pyridine rings is 1. The van der Waals surface area contributed by atoms with Gasteiger partial charge in [0.1, 0.15) is 17.8 Å². The predicted molar refractivity (Wildman–Crippen MR) is 48.3 cm³/mol. The average molecular weight is 191 g/mol. The van der Waals surface area contributed by atoms with E-state index in [4.69, 9.17) is 16.1 Å². The Labute approximate surface area is 80.8 Å². The van der Waals surface area contributed by atoms with Gasteiger partial charge in [-0.3, -0.25) is 4.79 Å². The maximum Gasteiger partial charge on any atom is 0.320 e. The van der Waals surface area contributed by atoms with E-state index in [2.05, 4.69) is 4.98 Å². The first kappa shape index (κ1) is 10.2. The summed E-state index contributed by atoms with van der Waals surface area (Å²) in [7, 11) is 0. The summed E-state index contributed by atoms with van der Waals surface area (Å²) in [4.78, 5) is 14.3. The molecular weight excluding hydrogens is 182 g/mol. The van der Waals surface area contributed by atoms with Crippen LogP contribution in [0.25, 0.3) is 0 Å². The summed E-state index contributed by atoms with van der Waals surface area (Å²) in [6.45, 7) is 0. The zero-order chi connectivity index (χ0) is 10.6. The number of hydrogen-bond acceptors (Lipinski definition) is 4. The maximum atomic E-state index is 10.4. The van der Waals surface area contributed by atoms with Crippen LogP contribution in [-0.2, 0) is 11.2 Å². The van der Waals surface area contributed by atoms with Gasteiger partial charge < -0.3 is 10.8 Å². The van der Waals surface area contributed by atoms with E-state index in [9.17, 15) is 4.79 Å². The highest BCUT2D eigenvalue weighted by atomic mass is 16.4. The van der Waals surface area contributed by atoms with Gasteiger partial charge in [0.15, 0.2) is 0 Å². The van der Waals surface area contributed by atoms with E-state index < -0.39 is 12.0 Å². The Balaban J connectivity index is 2.78. The smallest absolute Gasteiger partial charge is 0.320 e. The van der Waals surface area contributed by atoms with Crippen molar-refractivity contribution in [3.63, 3.8) is 0 Å². The molecule has 0 aliphatic heterocycles. The summed E-state index contributed by atoms with van der Waals surface area (Å²) in [5.41, 5.74) is 6.09. The first-order valence-corrected chi connectivity index (χ1v) is 3.98. The molecule has 14 heavy (non-hydrogen) atoms. The van der Waals surface area contributed by atoms with Crippen molar-refractivity contribution in [3.05, 3.63) is 29.6 Å². The zero-order valence-corrected chi connectivity index (χ0v) is 7.34. The molecule has 1 aromatic heterocycles. The van der Waals surface area contributed by atoms with Gasteiger partial charge in [-0.1, -0.05) is 6.07 Å². The molecule has 1 aromatic rings. The van der Waals surface area contributed by atoms with E-state index in [0.717, 1.165) is 0 Å². The van der Waals surface area contributed by atoms with Gasteiger partial charge in [-0.2, -0.15) is 5.26 Å². The summed E-state index contributed by atoms with van der Waals surface area (Å²) in [5.74, 6) is -1.07. The van der Waals surface area contributed by atoms with Gasteiger partial charge in [-0.25, -0.2) is 4.98 Å². The van der Waals surface area contributed by atoms with Crippen LogP contribution in [0.3, 0.4) is 0 Å². The Morgan fingerprint density at radius 1 is 1.71 bits per heavy atom. The highest BCUT2D eigenvalue weighted by Gasteiger charge is 2.12. The van der Waals surface area contributed by atoms with E-state index in [0.29, 0.717) is 5.69 Å². The van der Waals surface area contributed by atoms with Gasteiger partial charge in [0.2, 0.25) is 0 Å². The number of carboxylic acid groups (broad SMARTS) is 1. The summed E-state index contributed by atoms with van der Waals surface area (Å²) in [6, 6.07) is 5.74. The minimum absolute atomic E-state index is 0.130. The first-order valence-electron chi connectivity index (χ1n) is 3.98. The molecule has 0 unspecified atom stereocenters. The number of rotatable bonds is 3. The topological polar surface area (TPSA) is 100 Å². The van der Waals surface area contributed by atoms with E-state index in [1.807, 2.05) is 6.07 Å². The van der Waals surface area contributed by atoms with Crippen molar-refractivity contribution in [2.24, 2.45) is 5.73 Å². The number of aliphatic carboxylic acids is 1. The lowest BCUT2D eigenvalue weighted by atomic mass is 10.1. The highest BCUT2D eigenvalue weighted by molar-refractivity contribution is 5.73. The van der Waals surface area contributed by atoms with Gasteiger partial charge in [-0.15, -0.1) is 0 Å². The maximum absolute atomic E-state index is 10.4. The number of carbonyl (C=O) groups is 1. The Morgan fingerprint density at radius 3 is 3.00 bits per heavy atom. The van der Waals surface area contributed by atoms with Crippen LogP contribution in [0.1, 0.15) is 11.4 Å². The second kappa shape index (κ2) is 4.35. The van der Waals surface area contributed by atoms with Gasteiger partial charge in [0.05, 0.1) is 0 Å². The third-order valence-corrected chi connectivity index (χ3v) is 1.67. The molecule has 1 rings (SSSR count). The fourth-order valence-electron chi connectivity index (χ4n) is 0.968. The molecule has 72 valence electrons. The molecule has 0 amide bonds. The molecule has 0 radical (unpaired) electrons. The van der Waals surface area contributed by atoms with Crippen LogP contribution in [0, 0.1) is 11.3 Å². The molecule has 5 nitrogen and oxygen atoms in total. The highest BCUT2D eigenvalue weighted by Crippen LogP contribution is 2.01. The standard InChI is InChI=1S/C9H9N3O2/c10-5-7-3-1-2-6(12-7)4-8(11)9(13)14/h1-3,8H,4,11H2,(H,13,14)/t8-/m1/s1. The summed E-state index contributed by atoms with van der Waals surface area (Å²) in [5, 5.41) is 17.1. The number of carboxylic acids is 1. The third-order valence-electron chi connectivity index (χ3n) is 1.67. The van der Waals surface area contributed by atoms with Crippen molar-refractivity contribution in [2.75, 3.05) is 0 Å². The molecule has 0 spiro atoms. The second-order valence-corrected chi connectivity index (χ2v) is 2.77. The Kier molecular flexibility index (Phi) is 3.15. The van der Waals surface area contributed by atoms with Crippen molar-refractivity contribution < 1.29 is 9.90 Å². The van der Waals surface area contributed by atoms with Crippen LogP contribution in [-0.4, -0.2) is 22.1 Å². The van der Waals surface area contributed by atoms with E-state index in [1.54, 1.807) is 18.2 Å². The van der Waals surface area contributed by atoms with Gasteiger partial charge >= 0.3 is 5.97 Å². The zero-order valence-electron chi connectivity index (χ0n) is 7.34. The average Bonchev–Trinajstić information content (AvgIpc) is 2.18. The molecule has 3 N–H and O–H groups in total. The van der Waals surface area contributed by atoms with Crippen LogP contribution in [0.4, 0.5) is 0 Å². The van der Waals surface area contributed by atoms with Gasteiger partial charge in [0, 0.05) is 12.1 Å². The quantitative estimate of drug-likeness (QED) is 0.695. The van der Waals surface area contributed by atoms with E-state index in [1.165, 1.54) is 0 Å². The van der Waals surface area contributed by atoms with Crippen LogP contribution in [0.5, 0.6) is 0 Å². The van der Waals surface area contributed by atoms with Crippen LogP contribution in [0.2, 0.25) is 0 Å². The molecule has 0 bridgehead atoms. The van der Waals surface area contributed by atoms with Gasteiger partial charge in [0.25, 0.3) is 0 Å². The lowest BCUT2D eigenvalue weighted by Gasteiger charge is -2.04. The summed E-state index contributed by atoms with van der Waals surface area (Å²) >= 11 is 0. The molecule has 0 aromatic carbocycles. The predicted octanol–water partition coefficient (Wildman–Crippen LogP) is -0.0923. The molecule has 5 heteroatoms. The molecule has 1 atom stereocenters. The Morgan fingerprint density at radius 2 is 2.43 bits per heavy atom. The molecule has 0 fully saturated rings. The first-order chi connectivity index (χ1) is 6.63. The number of nitrogens with two attached hydrogens (primary N) is 1. The van der Waals surface area contributed by atoms with Crippen molar-refractivity contribution in [1.82, 2.24) is 4.98 Å². The largest absolute Gasteiger partial charge is 0.480 e. The second-order valence-electron chi connectivity index (χ2n) is 2.77. The molecular formula is C9H9N3O2. The Bertz CT molecular complexity index is 384. The minimum Gasteiger partial charge on any atom is -0.480 e. The van der Waals surface area contributed by atoms with E-state index in [-0.39, 0.29) is 12.1 Å². The van der Waals surface area contributed by atoms with E-state index >= 15 is 0 Å². The minimum atomic E-state index is -1.07. The van der Waals surface area contributed by atoms with Crippen molar-refractivity contribution >= 4 is 5.97 Å². The van der Waals surface area contributed by atoms with Crippen LogP contribution >= 0.6 is 0 Å². The van der Waals surface area contributed by atoms with Crippen molar-refractivity contribution in [1.29, 1.82) is 5.26 Å². The molecule has 1 heterocycles. The third kappa shape index (κ3) is 2.54. The number of nitriles is 1. The SMILES string of the molecule is N#Cc1cccc(C[C@@H](N)C(=O)O)n1. The fourth-order valence-corrected chi connectivity index (χ4v) is 0.968. The monoisotopic (exact) mass is 191 g/mol. The lowest BCUT2D eigenvalue weighted by molar-refractivity contribution is -0.138. The van der Waals surface area contributed by atoms with Crippen LogP contribution in [0.15, 0.2) is 18.2 Å². The van der Waals surface area contributed by atoms with Crippen molar-refractivity contribution in [3.8, 4) is 6.07 Å². The normalized spacial score (nSPS) is 11.7. The summed E-state index contributed by atoms with van der Waals surface area (Å²) in [6.07, 6.45) is 0.130. The molecule has 0 aliphatic rings. The Hall–Kier alpha value is -1.93. The molecule has 0 saturated carbocycles. The lowest BCUT2D eigenvalue weighted by Crippen LogP contribution is -2.32.